The Morgan fingerprint density at radius 2 is 1.19 bits per heavy atom. The van der Waals surface area contributed by atoms with Gasteiger partial charge in [-0.25, -0.2) is 0 Å². The first-order valence-electron chi connectivity index (χ1n) is 8.06. The standard InChI is InChI=1S/C18H20Cl4O3Si/c19-17(13-23-11-15-7-3-1-4-8-15)18(25-26(20,21)22)14-24-12-16-9-5-2-6-10-16/h1-10,17-18H,11-14H2/t17-,18-/m1/s1. The van der Waals surface area contributed by atoms with E-state index in [1.54, 1.807) is 0 Å². The van der Waals surface area contributed by atoms with Crippen LogP contribution in [-0.2, 0) is 27.1 Å². The van der Waals surface area contributed by atoms with Gasteiger partial charge in [0.05, 0.1) is 37.9 Å². The summed E-state index contributed by atoms with van der Waals surface area (Å²) in [6, 6.07) is 19.6. The van der Waals surface area contributed by atoms with Crippen molar-refractivity contribution >= 4 is 51.1 Å². The third-order valence-corrected chi connectivity index (χ3v) is 5.25. The predicted octanol–water partition coefficient (Wildman–Crippen LogP) is 5.56. The molecular weight excluding hydrogens is 434 g/mol. The van der Waals surface area contributed by atoms with E-state index in [4.69, 9.17) is 58.7 Å². The summed E-state index contributed by atoms with van der Waals surface area (Å²) < 4.78 is 16.9. The maximum absolute atomic E-state index is 6.42. The van der Waals surface area contributed by atoms with Crippen molar-refractivity contribution in [1.82, 2.24) is 0 Å². The van der Waals surface area contributed by atoms with Crippen LogP contribution in [0.2, 0.25) is 0 Å². The summed E-state index contributed by atoms with van der Waals surface area (Å²) in [6.07, 6.45) is -3.89. The molecule has 0 aliphatic carbocycles. The van der Waals surface area contributed by atoms with Gasteiger partial charge in [0.15, 0.2) is 0 Å². The molecule has 0 saturated carbocycles. The molecule has 0 heterocycles. The molecule has 26 heavy (non-hydrogen) atoms. The molecule has 3 nitrogen and oxygen atoms in total. The highest BCUT2D eigenvalue weighted by Crippen LogP contribution is 2.26. The lowest BCUT2D eigenvalue weighted by Crippen LogP contribution is -2.38. The van der Waals surface area contributed by atoms with Crippen LogP contribution in [0.4, 0.5) is 0 Å². The molecule has 2 aromatic rings. The second-order valence-corrected chi connectivity index (χ2v) is 13.8. The number of ether oxygens (including phenoxy) is 2. The first-order valence-corrected chi connectivity index (χ1v) is 13.4. The van der Waals surface area contributed by atoms with Gasteiger partial charge in [0, 0.05) is 0 Å². The number of rotatable bonds is 11. The van der Waals surface area contributed by atoms with Crippen molar-refractivity contribution in [1.29, 1.82) is 0 Å². The maximum atomic E-state index is 6.42. The second kappa shape index (κ2) is 11.5. The van der Waals surface area contributed by atoms with E-state index in [2.05, 4.69) is 0 Å². The average molecular weight is 454 g/mol. The number of hydrogen-bond donors (Lipinski definition) is 0. The number of halogens is 4. The molecule has 8 heteroatoms. The minimum atomic E-state index is -3.32. The topological polar surface area (TPSA) is 27.7 Å². The minimum absolute atomic E-state index is 0.207. The van der Waals surface area contributed by atoms with Crippen LogP contribution < -0.4 is 0 Å². The molecule has 0 amide bonds. The fourth-order valence-corrected chi connectivity index (χ4v) is 4.13. The number of alkyl halides is 1. The van der Waals surface area contributed by atoms with Crippen LogP contribution >= 0.6 is 44.8 Å². The zero-order valence-corrected chi connectivity index (χ0v) is 18.0. The highest BCUT2D eigenvalue weighted by molar-refractivity contribution is 7.62. The lowest BCUT2D eigenvalue weighted by Gasteiger charge is -2.25. The van der Waals surface area contributed by atoms with Crippen molar-refractivity contribution in [2.45, 2.75) is 24.7 Å². The van der Waals surface area contributed by atoms with Crippen LogP contribution in [0.25, 0.3) is 0 Å². The Bertz CT molecular complexity index is 625. The average Bonchev–Trinajstić information content (AvgIpc) is 2.61. The molecule has 0 unspecified atom stereocenters. The quantitative estimate of drug-likeness (QED) is 0.253. The molecular formula is C18H20Cl4O3Si. The third kappa shape index (κ3) is 9.06. The van der Waals surface area contributed by atoms with E-state index >= 15 is 0 Å². The van der Waals surface area contributed by atoms with Gasteiger partial charge in [0.1, 0.15) is 0 Å². The fourth-order valence-electron chi connectivity index (χ4n) is 2.22. The summed E-state index contributed by atoms with van der Waals surface area (Å²) in [7, 11) is 0. The van der Waals surface area contributed by atoms with Crippen LogP contribution in [-0.4, -0.2) is 30.9 Å². The largest absolute Gasteiger partial charge is 0.494 e. The van der Waals surface area contributed by atoms with E-state index in [1.165, 1.54) is 0 Å². The molecule has 0 spiro atoms. The van der Waals surface area contributed by atoms with Crippen LogP contribution in [0.5, 0.6) is 0 Å². The molecule has 2 rings (SSSR count). The fraction of sp³-hybridized carbons (Fsp3) is 0.333. The van der Waals surface area contributed by atoms with E-state index in [1.807, 2.05) is 60.7 Å². The van der Waals surface area contributed by atoms with Crippen molar-refractivity contribution in [3.8, 4) is 0 Å². The molecule has 0 aliphatic heterocycles. The van der Waals surface area contributed by atoms with Crippen molar-refractivity contribution in [2.24, 2.45) is 0 Å². The highest BCUT2D eigenvalue weighted by atomic mass is 35.8. The molecule has 142 valence electrons. The molecule has 0 aliphatic rings. The lowest BCUT2D eigenvalue weighted by atomic mass is 10.2. The van der Waals surface area contributed by atoms with Gasteiger partial charge in [0.2, 0.25) is 0 Å². The normalized spacial score (nSPS) is 14.2. The van der Waals surface area contributed by atoms with E-state index < -0.39 is 17.7 Å². The maximum Gasteiger partial charge on any atom is 0.494 e. The Morgan fingerprint density at radius 1 is 0.731 bits per heavy atom. The smallest absolute Gasteiger partial charge is 0.375 e. The zero-order valence-electron chi connectivity index (χ0n) is 14.0. The van der Waals surface area contributed by atoms with Gasteiger partial charge in [0.25, 0.3) is 0 Å². The van der Waals surface area contributed by atoms with Crippen LogP contribution in [0.3, 0.4) is 0 Å². The molecule has 0 fully saturated rings. The Balaban J connectivity index is 1.82. The Morgan fingerprint density at radius 3 is 1.65 bits per heavy atom. The van der Waals surface area contributed by atoms with Gasteiger partial charge in [-0.05, 0) is 11.1 Å². The Kier molecular flexibility index (Phi) is 9.74. The molecule has 0 N–H and O–H groups in total. The van der Waals surface area contributed by atoms with Crippen molar-refractivity contribution in [3.63, 3.8) is 0 Å². The zero-order chi connectivity index (χ0) is 18.8. The summed E-state index contributed by atoms with van der Waals surface area (Å²) in [4.78, 5) is 0. The summed E-state index contributed by atoms with van der Waals surface area (Å²) in [5.41, 5.74) is 2.11. The van der Waals surface area contributed by atoms with E-state index in [9.17, 15) is 0 Å². The summed E-state index contributed by atoms with van der Waals surface area (Å²) in [6.45, 7) is 1.34. The summed E-state index contributed by atoms with van der Waals surface area (Å²) in [5.74, 6) is 0. The Labute approximate surface area is 174 Å². The van der Waals surface area contributed by atoms with Gasteiger partial charge >= 0.3 is 6.25 Å². The van der Waals surface area contributed by atoms with Crippen LogP contribution in [0, 0.1) is 0 Å². The number of hydrogen-bond acceptors (Lipinski definition) is 3. The van der Waals surface area contributed by atoms with Crippen LogP contribution in [0.1, 0.15) is 11.1 Å². The van der Waals surface area contributed by atoms with Gasteiger partial charge in [-0.1, -0.05) is 93.9 Å². The van der Waals surface area contributed by atoms with Gasteiger partial charge in [-0.3, -0.25) is 0 Å². The first-order chi connectivity index (χ1) is 12.4. The molecule has 0 saturated heterocycles. The third-order valence-electron chi connectivity index (χ3n) is 3.47. The molecule has 0 radical (unpaired) electrons. The van der Waals surface area contributed by atoms with E-state index in [0.717, 1.165) is 11.1 Å². The lowest BCUT2D eigenvalue weighted by molar-refractivity contribution is 0.0205. The molecule has 2 aromatic carbocycles. The van der Waals surface area contributed by atoms with Crippen LogP contribution in [0.15, 0.2) is 60.7 Å². The van der Waals surface area contributed by atoms with E-state index in [0.29, 0.717) is 13.2 Å². The van der Waals surface area contributed by atoms with Gasteiger partial charge < -0.3 is 13.9 Å². The van der Waals surface area contributed by atoms with Crippen molar-refractivity contribution < 1.29 is 13.9 Å². The summed E-state index contributed by atoms with van der Waals surface area (Å²) >= 11 is 24.1. The molecule has 2 atom stereocenters. The number of benzene rings is 2. The van der Waals surface area contributed by atoms with Crippen molar-refractivity contribution in [2.75, 3.05) is 13.2 Å². The van der Waals surface area contributed by atoms with Crippen molar-refractivity contribution in [3.05, 3.63) is 71.8 Å². The monoisotopic (exact) mass is 452 g/mol. The SMILES string of the molecule is Cl[C@H](COCc1ccccc1)[C@@H](COCc1ccccc1)O[Si](Cl)(Cl)Cl. The summed E-state index contributed by atoms with van der Waals surface area (Å²) in [5, 5.41) is -0.502. The first kappa shape index (κ1) is 22.0. The minimum Gasteiger partial charge on any atom is -0.375 e. The second-order valence-electron chi connectivity index (χ2n) is 5.62. The Hall–Kier alpha value is -0.303. The molecule has 0 bridgehead atoms. The van der Waals surface area contributed by atoms with Gasteiger partial charge in [-0.15, -0.1) is 11.6 Å². The predicted molar refractivity (Wildman–Crippen MR) is 110 cm³/mol. The van der Waals surface area contributed by atoms with E-state index in [-0.39, 0.29) is 13.2 Å². The highest BCUT2D eigenvalue weighted by Gasteiger charge is 2.35. The molecule has 0 aromatic heterocycles. The van der Waals surface area contributed by atoms with Gasteiger partial charge in [-0.2, -0.15) is 0 Å².